The van der Waals surface area contributed by atoms with E-state index >= 15 is 0 Å². The predicted octanol–water partition coefficient (Wildman–Crippen LogP) is 2.38. The van der Waals surface area contributed by atoms with E-state index < -0.39 is 0 Å². The third-order valence-corrected chi connectivity index (χ3v) is 2.98. The van der Waals surface area contributed by atoms with E-state index in [1.165, 1.54) is 0 Å². The molecule has 0 radical (unpaired) electrons. The van der Waals surface area contributed by atoms with Crippen molar-refractivity contribution in [1.29, 1.82) is 0 Å². The van der Waals surface area contributed by atoms with Gasteiger partial charge in [-0.3, -0.25) is 0 Å². The monoisotopic (exact) mass is 222 g/mol. The van der Waals surface area contributed by atoms with Crippen molar-refractivity contribution in [2.24, 2.45) is 0 Å². The molecular weight excluding hydrogens is 212 g/mol. The van der Waals surface area contributed by atoms with E-state index in [0.717, 1.165) is 22.0 Å². The number of aryl methyl sites for hydroxylation is 1. The highest BCUT2D eigenvalue weighted by Gasteiger charge is 2.05. The lowest BCUT2D eigenvalue weighted by molar-refractivity contribution is 0.302. The van der Waals surface area contributed by atoms with Crippen molar-refractivity contribution in [2.45, 2.75) is 17.6 Å². The van der Waals surface area contributed by atoms with Crippen molar-refractivity contribution >= 4 is 11.8 Å². The predicted molar refractivity (Wildman–Crippen MR) is 56.7 cm³/mol. The third kappa shape index (κ3) is 2.50. The summed E-state index contributed by atoms with van der Waals surface area (Å²) in [6.07, 6.45) is 0. The van der Waals surface area contributed by atoms with Crippen LogP contribution in [0.1, 0.15) is 11.4 Å². The Balaban J connectivity index is 1.99. The average molecular weight is 222 g/mol. The van der Waals surface area contributed by atoms with Gasteiger partial charge in [-0.2, -0.15) is 0 Å². The molecule has 78 valence electrons. The average Bonchev–Trinajstić information content (AvgIpc) is 2.63. The summed E-state index contributed by atoms with van der Waals surface area (Å²) in [6.45, 7) is 1.86. The molecule has 0 aliphatic rings. The fourth-order valence-corrected chi connectivity index (χ4v) is 1.97. The molecule has 0 unspecified atom stereocenters. The van der Waals surface area contributed by atoms with Gasteiger partial charge >= 0.3 is 0 Å². The molecule has 1 aromatic carbocycles. The van der Waals surface area contributed by atoms with Crippen LogP contribution in [-0.4, -0.2) is 15.4 Å². The highest BCUT2D eigenvalue weighted by Crippen LogP contribution is 2.24. The lowest BCUT2D eigenvalue weighted by Crippen LogP contribution is -1.84. The summed E-state index contributed by atoms with van der Waals surface area (Å²) in [5.74, 6) is 0.999. The Morgan fingerprint density at radius 3 is 2.60 bits per heavy atom. The summed E-state index contributed by atoms with van der Waals surface area (Å²) in [5, 5.41) is 16.6. The second kappa shape index (κ2) is 4.35. The minimum atomic E-state index is 0.277. The SMILES string of the molecule is Cc1nonc1CSc1ccc(O)cc1. The number of hydrogen-bond donors (Lipinski definition) is 1. The van der Waals surface area contributed by atoms with Crippen LogP contribution in [-0.2, 0) is 5.75 Å². The van der Waals surface area contributed by atoms with Crippen molar-refractivity contribution in [1.82, 2.24) is 10.3 Å². The molecule has 0 saturated heterocycles. The minimum Gasteiger partial charge on any atom is -0.508 e. The molecule has 0 saturated carbocycles. The smallest absolute Gasteiger partial charge is 0.118 e. The minimum absolute atomic E-state index is 0.277. The molecule has 0 fully saturated rings. The second-order valence-electron chi connectivity index (χ2n) is 3.08. The van der Waals surface area contributed by atoms with Crippen molar-refractivity contribution in [3.63, 3.8) is 0 Å². The maximum atomic E-state index is 9.11. The van der Waals surface area contributed by atoms with Crippen LogP contribution in [0.25, 0.3) is 0 Å². The van der Waals surface area contributed by atoms with Crippen LogP contribution >= 0.6 is 11.8 Å². The van der Waals surface area contributed by atoms with E-state index in [1.54, 1.807) is 23.9 Å². The Kier molecular flexibility index (Phi) is 2.91. The molecule has 0 aliphatic carbocycles. The number of thioether (sulfide) groups is 1. The first-order valence-corrected chi connectivity index (χ1v) is 5.44. The van der Waals surface area contributed by atoms with Gasteiger partial charge in [0.25, 0.3) is 0 Å². The number of nitrogens with zero attached hydrogens (tertiary/aromatic N) is 2. The molecule has 0 aliphatic heterocycles. The Labute approximate surface area is 91.3 Å². The van der Waals surface area contributed by atoms with E-state index in [4.69, 9.17) is 5.11 Å². The van der Waals surface area contributed by atoms with Crippen molar-refractivity contribution < 1.29 is 9.74 Å². The van der Waals surface area contributed by atoms with Crippen LogP contribution in [0.4, 0.5) is 0 Å². The maximum Gasteiger partial charge on any atom is 0.118 e. The zero-order valence-corrected chi connectivity index (χ0v) is 8.99. The molecule has 0 atom stereocenters. The summed E-state index contributed by atoms with van der Waals surface area (Å²) >= 11 is 1.63. The molecule has 1 heterocycles. The molecule has 15 heavy (non-hydrogen) atoms. The van der Waals surface area contributed by atoms with Crippen LogP contribution in [0, 0.1) is 6.92 Å². The summed E-state index contributed by atoms with van der Waals surface area (Å²) in [4.78, 5) is 1.08. The lowest BCUT2D eigenvalue weighted by Gasteiger charge is -1.99. The number of phenols is 1. The molecular formula is C10H10N2O2S. The molecule has 2 rings (SSSR count). The van der Waals surface area contributed by atoms with E-state index in [9.17, 15) is 0 Å². The fourth-order valence-electron chi connectivity index (χ4n) is 1.07. The fraction of sp³-hybridized carbons (Fsp3) is 0.200. The number of aromatic hydroxyl groups is 1. The lowest BCUT2D eigenvalue weighted by atomic mass is 10.3. The molecule has 1 N–H and O–H groups in total. The molecule has 0 amide bonds. The second-order valence-corrected chi connectivity index (χ2v) is 4.13. The Hall–Kier alpha value is -1.49. The van der Waals surface area contributed by atoms with Crippen LogP contribution in [0.3, 0.4) is 0 Å². The van der Waals surface area contributed by atoms with Gasteiger partial charge in [0.15, 0.2) is 0 Å². The van der Waals surface area contributed by atoms with Gasteiger partial charge in [0.2, 0.25) is 0 Å². The first-order valence-electron chi connectivity index (χ1n) is 4.45. The quantitative estimate of drug-likeness (QED) is 0.808. The Morgan fingerprint density at radius 2 is 2.00 bits per heavy atom. The summed E-state index contributed by atoms with van der Waals surface area (Å²) in [5.41, 5.74) is 1.68. The largest absolute Gasteiger partial charge is 0.508 e. The number of aromatic nitrogens is 2. The van der Waals surface area contributed by atoms with Gasteiger partial charge in [0.05, 0.1) is 0 Å². The number of hydrogen-bond acceptors (Lipinski definition) is 5. The normalized spacial score (nSPS) is 10.5. The highest BCUT2D eigenvalue weighted by molar-refractivity contribution is 7.98. The topological polar surface area (TPSA) is 59.2 Å². The zero-order valence-electron chi connectivity index (χ0n) is 8.17. The van der Waals surface area contributed by atoms with Crippen LogP contribution in [0.15, 0.2) is 33.8 Å². The van der Waals surface area contributed by atoms with Gasteiger partial charge in [-0.25, -0.2) is 4.63 Å². The first kappa shape index (κ1) is 10.0. The number of benzene rings is 1. The number of rotatable bonds is 3. The molecule has 0 spiro atoms. The zero-order chi connectivity index (χ0) is 10.7. The van der Waals surface area contributed by atoms with E-state index in [-0.39, 0.29) is 5.75 Å². The first-order chi connectivity index (χ1) is 7.25. The molecule has 4 nitrogen and oxygen atoms in total. The van der Waals surface area contributed by atoms with Gasteiger partial charge in [0.1, 0.15) is 17.1 Å². The molecule has 0 bridgehead atoms. The Morgan fingerprint density at radius 1 is 1.27 bits per heavy atom. The van der Waals surface area contributed by atoms with Gasteiger partial charge in [0, 0.05) is 10.6 Å². The van der Waals surface area contributed by atoms with Crippen LogP contribution in [0.5, 0.6) is 5.75 Å². The maximum absolute atomic E-state index is 9.11. The summed E-state index contributed by atoms with van der Waals surface area (Å²) in [6, 6.07) is 7.05. The standard InChI is InChI=1S/C10H10N2O2S/c1-7-10(12-14-11-7)6-15-9-4-2-8(13)3-5-9/h2-5,13H,6H2,1H3. The summed E-state index contributed by atoms with van der Waals surface area (Å²) in [7, 11) is 0. The molecule has 5 heteroatoms. The molecule has 1 aromatic heterocycles. The highest BCUT2D eigenvalue weighted by atomic mass is 32.2. The van der Waals surface area contributed by atoms with Gasteiger partial charge < -0.3 is 5.11 Å². The van der Waals surface area contributed by atoms with E-state index in [1.807, 2.05) is 19.1 Å². The van der Waals surface area contributed by atoms with Gasteiger partial charge in [-0.1, -0.05) is 10.3 Å². The third-order valence-electron chi connectivity index (χ3n) is 1.96. The summed E-state index contributed by atoms with van der Waals surface area (Å²) < 4.78 is 4.60. The van der Waals surface area contributed by atoms with Gasteiger partial charge in [-0.05, 0) is 31.2 Å². The van der Waals surface area contributed by atoms with Crippen molar-refractivity contribution in [3.05, 3.63) is 35.7 Å². The van der Waals surface area contributed by atoms with Crippen LogP contribution < -0.4 is 0 Å². The Bertz CT molecular complexity index is 439. The van der Waals surface area contributed by atoms with Crippen molar-refractivity contribution in [2.75, 3.05) is 0 Å². The van der Waals surface area contributed by atoms with Crippen LogP contribution in [0.2, 0.25) is 0 Å². The van der Waals surface area contributed by atoms with E-state index in [0.29, 0.717) is 0 Å². The van der Waals surface area contributed by atoms with Gasteiger partial charge in [-0.15, -0.1) is 11.8 Å². The number of phenolic OH excluding ortho intramolecular Hbond substituents is 1. The molecule has 2 aromatic rings. The van der Waals surface area contributed by atoms with E-state index in [2.05, 4.69) is 14.9 Å². The van der Waals surface area contributed by atoms with Crippen molar-refractivity contribution in [3.8, 4) is 5.75 Å².